The number of rotatable bonds is 3. The summed E-state index contributed by atoms with van der Waals surface area (Å²) in [7, 11) is 1.58. The number of benzene rings is 2. The Hall–Kier alpha value is -0.930. The molecule has 2 nitrogen and oxygen atoms in total. The summed E-state index contributed by atoms with van der Waals surface area (Å²) in [6.07, 6.45) is 0. The summed E-state index contributed by atoms with van der Waals surface area (Å²) in [6, 6.07) is 10.0. The fourth-order valence-corrected chi connectivity index (χ4v) is 2.72. The predicted molar refractivity (Wildman–Crippen MR) is 80.5 cm³/mol. The van der Waals surface area contributed by atoms with Gasteiger partial charge in [-0.3, -0.25) is 0 Å². The van der Waals surface area contributed by atoms with E-state index in [-0.39, 0.29) is 0 Å². The van der Waals surface area contributed by atoms with Crippen molar-refractivity contribution < 1.29 is 4.74 Å². The number of methoxy groups -OCH3 is 1. The minimum absolute atomic E-state index is 0.505. The van der Waals surface area contributed by atoms with Crippen molar-refractivity contribution in [2.24, 2.45) is 5.73 Å². The van der Waals surface area contributed by atoms with Crippen molar-refractivity contribution in [1.82, 2.24) is 0 Å². The van der Waals surface area contributed by atoms with Gasteiger partial charge in [0.15, 0.2) is 0 Å². The van der Waals surface area contributed by atoms with Crippen LogP contribution < -0.4 is 10.5 Å². The molecule has 0 spiro atoms. The van der Waals surface area contributed by atoms with Crippen molar-refractivity contribution in [3.8, 4) is 5.75 Å². The van der Waals surface area contributed by atoms with Crippen molar-refractivity contribution in [3.63, 3.8) is 0 Å². The van der Waals surface area contributed by atoms with Crippen molar-refractivity contribution in [1.29, 1.82) is 0 Å². The molecule has 0 saturated carbocycles. The molecule has 2 N–H and O–H groups in total. The van der Waals surface area contributed by atoms with Crippen LogP contribution in [0.25, 0.3) is 0 Å². The Labute approximate surface area is 127 Å². The first-order chi connectivity index (χ1) is 9.04. The van der Waals surface area contributed by atoms with Crippen molar-refractivity contribution >= 4 is 34.8 Å². The quantitative estimate of drug-likeness (QED) is 0.890. The lowest BCUT2D eigenvalue weighted by atomic mass is 9.98. The molecule has 1 atom stereocenters. The van der Waals surface area contributed by atoms with Gasteiger partial charge in [0.1, 0.15) is 5.75 Å². The van der Waals surface area contributed by atoms with Gasteiger partial charge < -0.3 is 10.5 Å². The summed E-state index contributed by atoms with van der Waals surface area (Å²) < 4.78 is 5.30. The monoisotopic (exact) mass is 315 g/mol. The van der Waals surface area contributed by atoms with Crippen LogP contribution in [0.3, 0.4) is 0 Å². The third-order valence-electron chi connectivity index (χ3n) is 2.84. The summed E-state index contributed by atoms with van der Waals surface area (Å²) in [5, 5.41) is 1.61. The molecular weight excluding hydrogens is 305 g/mol. The summed E-state index contributed by atoms with van der Waals surface area (Å²) in [6.45, 7) is 0. The molecule has 0 saturated heterocycles. The van der Waals surface area contributed by atoms with E-state index in [9.17, 15) is 0 Å². The van der Waals surface area contributed by atoms with Gasteiger partial charge in [0, 0.05) is 26.2 Å². The lowest BCUT2D eigenvalue weighted by Gasteiger charge is -2.18. The van der Waals surface area contributed by atoms with Crippen molar-refractivity contribution in [2.75, 3.05) is 7.11 Å². The van der Waals surface area contributed by atoms with Gasteiger partial charge >= 0.3 is 0 Å². The highest BCUT2D eigenvalue weighted by molar-refractivity contribution is 6.36. The number of ether oxygens (including phenoxy) is 1. The number of hydrogen-bond donors (Lipinski definition) is 1. The maximum absolute atomic E-state index is 6.26. The molecule has 0 heterocycles. The van der Waals surface area contributed by atoms with E-state index >= 15 is 0 Å². The zero-order valence-corrected chi connectivity index (χ0v) is 12.4. The average Bonchev–Trinajstić information content (AvgIpc) is 2.38. The van der Waals surface area contributed by atoms with Crippen LogP contribution in [-0.2, 0) is 0 Å². The molecule has 0 aliphatic carbocycles. The molecule has 2 aromatic carbocycles. The van der Waals surface area contributed by atoms with E-state index in [1.54, 1.807) is 43.5 Å². The van der Waals surface area contributed by atoms with Gasteiger partial charge in [-0.25, -0.2) is 0 Å². The fraction of sp³-hybridized carbons (Fsp3) is 0.143. The van der Waals surface area contributed by atoms with Crippen LogP contribution in [0.1, 0.15) is 17.2 Å². The summed E-state index contributed by atoms with van der Waals surface area (Å²) in [5.41, 5.74) is 7.66. The molecule has 0 aliphatic heterocycles. The standard InChI is InChI=1S/C14H12Cl3NO/c1-19-12-6-5-8(15)7-9(12)14(18)13-10(16)3-2-4-11(13)17/h2-7,14H,18H2,1H3. The highest BCUT2D eigenvalue weighted by atomic mass is 35.5. The van der Waals surface area contributed by atoms with Crippen LogP contribution in [0.5, 0.6) is 5.75 Å². The van der Waals surface area contributed by atoms with E-state index in [0.29, 0.717) is 26.4 Å². The van der Waals surface area contributed by atoms with Crippen LogP contribution in [0.4, 0.5) is 0 Å². The maximum atomic E-state index is 6.26. The van der Waals surface area contributed by atoms with Crippen LogP contribution in [0.15, 0.2) is 36.4 Å². The molecular formula is C14H12Cl3NO. The maximum Gasteiger partial charge on any atom is 0.124 e. The minimum atomic E-state index is -0.505. The zero-order valence-electron chi connectivity index (χ0n) is 10.2. The predicted octanol–water partition coefficient (Wildman–Crippen LogP) is 4.70. The summed E-state index contributed by atoms with van der Waals surface area (Å²) in [4.78, 5) is 0. The highest BCUT2D eigenvalue weighted by Crippen LogP contribution is 2.37. The van der Waals surface area contributed by atoms with Gasteiger partial charge in [-0.1, -0.05) is 40.9 Å². The topological polar surface area (TPSA) is 35.2 Å². The highest BCUT2D eigenvalue weighted by Gasteiger charge is 2.19. The normalized spacial score (nSPS) is 12.3. The van der Waals surface area contributed by atoms with Crippen molar-refractivity contribution in [2.45, 2.75) is 6.04 Å². The molecule has 5 heteroatoms. The number of nitrogens with two attached hydrogens (primary N) is 1. The first-order valence-corrected chi connectivity index (χ1v) is 6.71. The fourth-order valence-electron chi connectivity index (χ4n) is 1.91. The van der Waals surface area contributed by atoms with Crippen LogP contribution >= 0.6 is 34.8 Å². The first-order valence-electron chi connectivity index (χ1n) is 5.57. The zero-order chi connectivity index (χ0) is 14.0. The van der Waals surface area contributed by atoms with E-state index in [0.717, 1.165) is 5.56 Å². The van der Waals surface area contributed by atoms with Crippen molar-refractivity contribution in [3.05, 3.63) is 62.6 Å². The van der Waals surface area contributed by atoms with Gasteiger partial charge in [0.25, 0.3) is 0 Å². The molecule has 2 rings (SSSR count). The first kappa shape index (κ1) is 14.5. The second-order valence-corrected chi connectivity index (χ2v) is 5.25. The summed E-state index contributed by atoms with van der Waals surface area (Å²) in [5.74, 6) is 0.646. The molecule has 0 amide bonds. The second-order valence-electron chi connectivity index (χ2n) is 4.00. The minimum Gasteiger partial charge on any atom is -0.496 e. The average molecular weight is 317 g/mol. The molecule has 0 fully saturated rings. The van der Waals surface area contributed by atoms with E-state index < -0.39 is 6.04 Å². The lowest BCUT2D eigenvalue weighted by Crippen LogP contribution is -2.14. The number of halogens is 3. The molecule has 19 heavy (non-hydrogen) atoms. The Bertz CT molecular complexity index is 581. The van der Waals surface area contributed by atoms with Gasteiger partial charge in [-0.05, 0) is 30.3 Å². The Morgan fingerprint density at radius 3 is 2.26 bits per heavy atom. The molecule has 2 aromatic rings. The van der Waals surface area contributed by atoms with E-state index in [1.165, 1.54) is 0 Å². The summed E-state index contributed by atoms with van der Waals surface area (Å²) >= 11 is 18.4. The smallest absolute Gasteiger partial charge is 0.124 e. The lowest BCUT2D eigenvalue weighted by molar-refractivity contribution is 0.408. The second kappa shape index (κ2) is 6.02. The largest absolute Gasteiger partial charge is 0.496 e. The molecule has 0 aliphatic rings. The molecule has 0 radical (unpaired) electrons. The Kier molecular flexibility index (Phi) is 4.58. The van der Waals surface area contributed by atoms with E-state index in [2.05, 4.69) is 0 Å². The third kappa shape index (κ3) is 2.98. The van der Waals surface area contributed by atoms with Gasteiger partial charge in [-0.15, -0.1) is 0 Å². The Morgan fingerprint density at radius 2 is 1.68 bits per heavy atom. The van der Waals surface area contributed by atoms with E-state index in [4.69, 9.17) is 45.3 Å². The third-order valence-corrected chi connectivity index (χ3v) is 3.73. The Morgan fingerprint density at radius 1 is 1.05 bits per heavy atom. The van der Waals surface area contributed by atoms with Crippen LogP contribution in [-0.4, -0.2) is 7.11 Å². The van der Waals surface area contributed by atoms with E-state index in [1.807, 2.05) is 0 Å². The van der Waals surface area contributed by atoms with Gasteiger partial charge in [0.05, 0.1) is 13.2 Å². The Balaban J connectivity index is 2.55. The van der Waals surface area contributed by atoms with Crippen LogP contribution in [0, 0.1) is 0 Å². The van der Waals surface area contributed by atoms with Gasteiger partial charge in [0.2, 0.25) is 0 Å². The SMILES string of the molecule is COc1ccc(Cl)cc1C(N)c1c(Cl)cccc1Cl. The van der Waals surface area contributed by atoms with Gasteiger partial charge in [-0.2, -0.15) is 0 Å². The molecule has 100 valence electrons. The van der Waals surface area contributed by atoms with Crippen LogP contribution in [0.2, 0.25) is 15.1 Å². The molecule has 0 bridgehead atoms. The molecule has 1 unspecified atom stereocenters. The molecule has 0 aromatic heterocycles. The number of hydrogen-bond acceptors (Lipinski definition) is 2.